The maximum absolute atomic E-state index is 5.71. The average molecular weight is 192 g/mol. The van der Waals surface area contributed by atoms with Crippen LogP contribution in [0.4, 0.5) is 0 Å². The third-order valence-corrected chi connectivity index (χ3v) is 2.84. The highest BCUT2D eigenvalue weighted by Gasteiger charge is 2.10. The monoisotopic (exact) mass is 192 g/mol. The fourth-order valence-corrected chi connectivity index (χ4v) is 1.76. The van der Waals surface area contributed by atoms with Gasteiger partial charge in [-0.25, -0.2) is 0 Å². The highest BCUT2D eigenvalue weighted by Crippen LogP contribution is 2.20. The van der Waals surface area contributed by atoms with Crippen molar-refractivity contribution in [3.8, 4) is 0 Å². The molecule has 0 saturated heterocycles. The van der Waals surface area contributed by atoms with Crippen molar-refractivity contribution in [3.63, 3.8) is 0 Å². The van der Waals surface area contributed by atoms with Crippen LogP contribution in [-0.4, -0.2) is 13.6 Å². The van der Waals surface area contributed by atoms with Crippen LogP contribution in [0.1, 0.15) is 28.3 Å². The molecule has 0 saturated carbocycles. The second-order valence-electron chi connectivity index (χ2n) is 3.87. The minimum Gasteiger partial charge on any atom is -0.329 e. The summed E-state index contributed by atoms with van der Waals surface area (Å²) in [5.74, 6) is 0. The van der Waals surface area contributed by atoms with Crippen molar-refractivity contribution < 1.29 is 0 Å². The van der Waals surface area contributed by atoms with E-state index in [0.717, 1.165) is 0 Å². The number of hydrogen-bond acceptors (Lipinski definition) is 2. The summed E-state index contributed by atoms with van der Waals surface area (Å²) < 4.78 is 0. The van der Waals surface area contributed by atoms with Crippen LogP contribution in [0.15, 0.2) is 12.1 Å². The van der Waals surface area contributed by atoms with E-state index in [1.54, 1.807) is 0 Å². The first kappa shape index (κ1) is 11.2. The summed E-state index contributed by atoms with van der Waals surface area (Å²) >= 11 is 0. The molecule has 0 fully saturated rings. The lowest BCUT2D eigenvalue weighted by atomic mass is 9.96. The van der Waals surface area contributed by atoms with E-state index in [2.05, 4.69) is 38.2 Å². The maximum Gasteiger partial charge on any atom is 0.0444 e. The van der Waals surface area contributed by atoms with Crippen molar-refractivity contribution >= 4 is 0 Å². The topological polar surface area (TPSA) is 38.0 Å². The molecule has 14 heavy (non-hydrogen) atoms. The molecular weight excluding hydrogens is 172 g/mol. The number of rotatable bonds is 3. The summed E-state index contributed by atoms with van der Waals surface area (Å²) in [4.78, 5) is 0. The Morgan fingerprint density at radius 3 is 2.21 bits per heavy atom. The summed E-state index contributed by atoms with van der Waals surface area (Å²) in [6, 6.07) is 4.73. The van der Waals surface area contributed by atoms with Crippen molar-refractivity contribution in [3.05, 3.63) is 34.4 Å². The first-order valence-electron chi connectivity index (χ1n) is 5.05. The number of aryl methyl sites for hydroxylation is 3. The van der Waals surface area contributed by atoms with E-state index in [-0.39, 0.29) is 6.04 Å². The molecule has 78 valence electrons. The predicted octanol–water partition coefficient (Wildman–Crippen LogP) is 1.83. The second-order valence-corrected chi connectivity index (χ2v) is 3.87. The fourth-order valence-electron chi connectivity index (χ4n) is 1.76. The maximum atomic E-state index is 5.71. The Kier molecular flexibility index (Phi) is 3.67. The van der Waals surface area contributed by atoms with Crippen molar-refractivity contribution in [2.24, 2.45) is 5.73 Å². The Morgan fingerprint density at radius 1 is 1.14 bits per heavy atom. The van der Waals surface area contributed by atoms with Crippen molar-refractivity contribution in [1.82, 2.24) is 5.32 Å². The number of hydrogen-bond donors (Lipinski definition) is 2. The van der Waals surface area contributed by atoms with Gasteiger partial charge in [0.1, 0.15) is 0 Å². The normalized spacial score (nSPS) is 12.9. The lowest BCUT2D eigenvalue weighted by molar-refractivity contribution is 0.602. The first-order valence-corrected chi connectivity index (χ1v) is 5.05. The van der Waals surface area contributed by atoms with Gasteiger partial charge in [0.25, 0.3) is 0 Å². The number of nitrogens with one attached hydrogen (secondary N) is 1. The van der Waals surface area contributed by atoms with Crippen LogP contribution in [-0.2, 0) is 0 Å². The number of benzene rings is 1. The highest BCUT2D eigenvalue weighted by molar-refractivity contribution is 5.38. The van der Waals surface area contributed by atoms with Gasteiger partial charge in [0.2, 0.25) is 0 Å². The highest BCUT2D eigenvalue weighted by atomic mass is 14.9. The van der Waals surface area contributed by atoms with Crippen LogP contribution in [0.2, 0.25) is 0 Å². The quantitative estimate of drug-likeness (QED) is 0.766. The molecule has 0 heterocycles. The van der Waals surface area contributed by atoms with Gasteiger partial charge in [-0.1, -0.05) is 12.1 Å². The molecular formula is C12H20N2. The number of nitrogens with two attached hydrogens (primary N) is 1. The van der Waals surface area contributed by atoms with Gasteiger partial charge in [-0.05, 0) is 50.1 Å². The minimum atomic E-state index is 0.272. The molecule has 0 aliphatic rings. The molecule has 1 aromatic rings. The summed E-state index contributed by atoms with van der Waals surface area (Å²) in [6.07, 6.45) is 0. The Hall–Kier alpha value is -0.860. The molecule has 0 aliphatic carbocycles. The summed E-state index contributed by atoms with van der Waals surface area (Å²) in [5, 5.41) is 3.23. The lowest BCUT2D eigenvalue weighted by Gasteiger charge is -2.18. The summed E-state index contributed by atoms with van der Waals surface area (Å²) in [5.41, 5.74) is 11.0. The lowest BCUT2D eigenvalue weighted by Crippen LogP contribution is -2.25. The average Bonchev–Trinajstić information content (AvgIpc) is 2.15. The largest absolute Gasteiger partial charge is 0.329 e. The van der Waals surface area contributed by atoms with Crippen molar-refractivity contribution in [2.75, 3.05) is 13.6 Å². The van der Waals surface area contributed by atoms with E-state index in [0.29, 0.717) is 6.54 Å². The molecule has 0 aliphatic heterocycles. The summed E-state index contributed by atoms with van der Waals surface area (Å²) in [6.45, 7) is 7.06. The third kappa shape index (κ3) is 2.14. The van der Waals surface area contributed by atoms with Crippen LogP contribution in [0, 0.1) is 20.8 Å². The van der Waals surface area contributed by atoms with E-state index in [1.165, 1.54) is 22.3 Å². The zero-order chi connectivity index (χ0) is 10.7. The van der Waals surface area contributed by atoms with Gasteiger partial charge >= 0.3 is 0 Å². The third-order valence-electron chi connectivity index (χ3n) is 2.84. The van der Waals surface area contributed by atoms with Gasteiger partial charge in [0.05, 0.1) is 0 Å². The van der Waals surface area contributed by atoms with E-state index < -0.39 is 0 Å². The van der Waals surface area contributed by atoms with Gasteiger partial charge < -0.3 is 11.1 Å². The predicted molar refractivity (Wildman–Crippen MR) is 61.5 cm³/mol. The van der Waals surface area contributed by atoms with Crippen molar-refractivity contribution in [1.29, 1.82) is 0 Å². The zero-order valence-corrected chi connectivity index (χ0v) is 9.52. The molecule has 1 rings (SSSR count). The Morgan fingerprint density at radius 2 is 1.71 bits per heavy atom. The first-order chi connectivity index (χ1) is 6.60. The fraction of sp³-hybridized carbons (Fsp3) is 0.500. The molecule has 0 bridgehead atoms. The van der Waals surface area contributed by atoms with Crippen LogP contribution >= 0.6 is 0 Å². The van der Waals surface area contributed by atoms with Crippen LogP contribution in [0.3, 0.4) is 0 Å². The second kappa shape index (κ2) is 4.58. The minimum absolute atomic E-state index is 0.272. The van der Waals surface area contributed by atoms with Gasteiger partial charge in [-0.15, -0.1) is 0 Å². The molecule has 0 amide bonds. The van der Waals surface area contributed by atoms with Crippen molar-refractivity contribution in [2.45, 2.75) is 26.8 Å². The molecule has 2 nitrogen and oxygen atoms in total. The molecule has 0 aromatic heterocycles. The van der Waals surface area contributed by atoms with E-state index in [1.807, 2.05) is 7.05 Å². The van der Waals surface area contributed by atoms with Crippen LogP contribution < -0.4 is 11.1 Å². The standard InChI is InChI=1S/C12H20N2/c1-8-5-10(3)11(6-9(8)2)12(7-13)14-4/h5-6,12,14H,7,13H2,1-4H3. The summed E-state index contributed by atoms with van der Waals surface area (Å²) in [7, 11) is 1.95. The molecule has 1 aromatic carbocycles. The van der Waals surface area contributed by atoms with Gasteiger partial charge in [0, 0.05) is 12.6 Å². The zero-order valence-electron chi connectivity index (χ0n) is 9.52. The van der Waals surface area contributed by atoms with Crippen LogP contribution in [0.25, 0.3) is 0 Å². The van der Waals surface area contributed by atoms with Crippen LogP contribution in [0.5, 0.6) is 0 Å². The van der Waals surface area contributed by atoms with E-state index in [9.17, 15) is 0 Å². The van der Waals surface area contributed by atoms with Gasteiger partial charge in [0.15, 0.2) is 0 Å². The smallest absolute Gasteiger partial charge is 0.0444 e. The van der Waals surface area contributed by atoms with E-state index >= 15 is 0 Å². The van der Waals surface area contributed by atoms with E-state index in [4.69, 9.17) is 5.73 Å². The number of likely N-dealkylation sites (N-methyl/N-ethyl adjacent to an activating group) is 1. The Labute approximate surface area is 86.5 Å². The molecule has 0 spiro atoms. The van der Waals surface area contributed by atoms with Gasteiger partial charge in [-0.2, -0.15) is 0 Å². The molecule has 2 heteroatoms. The SMILES string of the molecule is CNC(CN)c1cc(C)c(C)cc1C. The molecule has 1 unspecified atom stereocenters. The Balaban J connectivity index is 3.14. The van der Waals surface area contributed by atoms with Gasteiger partial charge in [-0.3, -0.25) is 0 Å². The molecule has 3 N–H and O–H groups in total. The molecule has 1 atom stereocenters. The molecule has 0 radical (unpaired) electrons. The Bertz CT molecular complexity index is 314.